The number of hydrogen-bond donors (Lipinski definition) is 1. The van der Waals surface area contributed by atoms with Crippen LogP contribution >= 0.6 is 0 Å². The van der Waals surface area contributed by atoms with E-state index in [-0.39, 0.29) is 0 Å². The molecule has 1 aromatic heterocycles. The van der Waals surface area contributed by atoms with Crippen molar-refractivity contribution in [3.63, 3.8) is 0 Å². The quantitative estimate of drug-likeness (QED) is 0.805. The van der Waals surface area contributed by atoms with E-state index in [2.05, 4.69) is 4.98 Å². The van der Waals surface area contributed by atoms with Gasteiger partial charge in [0.1, 0.15) is 12.4 Å². The van der Waals surface area contributed by atoms with E-state index in [4.69, 9.17) is 19.9 Å². The Bertz CT molecular complexity index is 628. The van der Waals surface area contributed by atoms with Crippen LogP contribution in [-0.2, 0) is 4.74 Å². The van der Waals surface area contributed by atoms with Crippen LogP contribution in [0.3, 0.4) is 0 Å². The number of aromatic nitrogens is 1. The van der Waals surface area contributed by atoms with Crippen LogP contribution in [0.2, 0.25) is 0 Å². The smallest absolute Gasteiger partial charge is 0.252 e. The lowest BCUT2D eigenvalue weighted by Crippen LogP contribution is -2.14. The molecule has 6 heteroatoms. The summed E-state index contributed by atoms with van der Waals surface area (Å²) in [6.07, 6.45) is 1.61. The fourth-order valence-electron chi connectivity index (χ4n) is 1.88. The number of amides is 1. The number of methoxy groups -OCH3 is 2. The fourth-order valence-corrected chi connectivity index (χ4v) is 1.88. The molecule has 0 radical (unpaired) electrons. The Hall–Kier alpha value is -2.34. The minimum Gasteiger partial charge on any atom is -0.490 e. The normalized spacial score (nSPS) is 10.5. The second-order valence-corrected chi connectivity index (χ2v) is 4.10. The number of carbonyl (C=O) groups excluding carboxylic acids is 1. The molecule has 2 rings (SSSR count). The molecule has 20 heavy (non-hydrogen) atoms. The van der Waals surface area contributed by atoms with Gasteiger partial charge in [0.05, 0.1) is 19.3 Å². The summed E-state index contributed by atoms with van der Waals surface area (Å²) in [5, 5.41) is 1.57. The van der Waals surface area contributed by atoms with Crippen molar-refractivity contribution < 1.29 is 19.0 Å². The van der Waals surface area contributed by atoms with Crippen molar-refractivity contribution in [3.05, 3.63) is 30.0 Å². The van der Waals surface area contributed by atoms with Gasteiger partial charge < -0.3 is 19.9 Å². The number of benzene rings is 1. The monoisotopic (exact) mass is 276 g/mol. The molecule has 0 unspecified atom stereocenters. The maximum absolute atomic E-state index is 11.5. The van der Waals surface area contributed by atoms with Gasteiger partial charge >= 0.3 is 0 Å². The van der Waals surface area contributed by atoms with Gasteiger partial charge in [0.15, 0.2) is 0 Å². The molecule has 106 valence electrons. The minimum atomic E-state index is -0.546. The number of rotatable bonds is 6. The summed E-state index contributed by atoms with van der Waals surface area (Å²) >= 11 is 0. The largest absolute Gasteiger partial charge is 0.490 e. The van der Waals surface area contributed by atoms with Crippen LogP contribution in [0, 0.1) is 0 Å². The fraction of sp³-hybridized carbons (Fsp3) is 0.286. The highest BCUT2D eigenvalue weighted by molar-refractivity contribution is 6.01. The van der Waals surface area contributed by atoms with E-state index in [1.165, 1.54) is 7.11 Å². The second kappa shape index (κ2) is 6.21. The van der Waals surface area contributed by atoms with Crippen LogP contribution < -0.4 is 15.2 Å². The Labute approximate surface area is 116 Å². The lowest BCUT2D eigenvalue weighted by Gasteiger charge is -2.12. The predicted molar refractivity (Wildman–Crippen MR) is 74.2 cm³/mol. The van der Waals surface area contributed by atoms with Gasteiger partial charge in [-0.2, -0.15) is 0 Å². The standard InChI is InChI=1S/C14H16N2O4/c1-18-5-6-20-12-8-10-9(7-11(12)13(15)17)3-4-16-14(10)19-2/h3-4,7-8H,5-6H2,1-2H3,(H2,15,17). The Morgan fingerprint density at radius 2 is 2.10 bits per heavy atom. The maximum Gasteiger partial charge on any atom is 0.252 e. The summed E-state index contributed by atoms with van der Waals surface area (Å²) in [6, 6.07) is 5.16. The van der Waals surface area contributed by atoms with E-state index in [1.54, 1.807) is 31.5 Å². The number of fused-ring (bicyclic) bond motifs is 1. The van der Waals surface area contributed by atoms with Crippen molar-refractivity contribution in [2.24, 2.45) is 5.73 Å². The first-order valence-corrected chi connectivity index (χ1v) is 6.05. The van der Waals surface area contributed by atoms with Crippen molar-refractivity contribution in [1.29, 1.82) is 0 Å². The molecule has 0 bridgehead atoms. The van der Waals surface area contributed by atoms with E-state index in [9.17, 15) is 4.79 Å². The molecule has 2 N–H and O–H groups in total. The third-order valence-electron chi connectivity index (χ3n) is 2.83. The number of ether oxygens (including phenoxy) is 3. The second-order valence-electron chi connectivity index (χ2n) is 4.10. The van der Waals surface area contributed by atoms with E-state index >= 15 is 0 Å². The summed E-state index contributed by atoms with van der Waals surface area (Å²) in [4.78, 5) is 15.6. The van der Waals surface area contributed by atoms with E-state index < -0.39 is 5.91 Å². The van der Waals surface area contributed by atoms with Gasteiger partial charge in [-0.25, -0.2) is 4.98 Å². The molecule has 0 atom stereocenters. The van der Waals surface area contributed by atoms with Gasteiger partial charge in [0, 0.05) is 18.7 Å². The van der Waals surface area contributed by atoms with Crippen molar-refractivity contribution >= 4 is 16.7 Å². The highest BCUT2D eigenvalue weighted by Crippen LogP contribution is 2.30. The molecule has 0 saturated heterocycles. The van der Waals surface area contributed by atoms with Crippen LogP contribution in [0.25, 0.3) is 10.8 Å². The molecule has 0 saturated carbocycles. The summed E-state index contributed by atoms with van der Waals surface area (Å²) in [6.45, 7) is 0.741. The van der Waals surface area contributed by atoms with Crippen LogP contribution in [-0.4, -0.2) is 38.3 Å². The highest BCUT2D eigenvalue weighted by Gasteiger charge is 2.14. The van der Waals surface area contributed by atoms with Crippen molar-refractivity contribution in [2.75, 3.05) is 27.4 Å². The molecule has 2 aromatic rings. The summed E-state index contributed by atoms with van der Waals surface area (Å²) in [5.74, 6) is 0.318. The van der Waals surface area contributed by atoms with E-state index in [0.29, 0.717) is 30.4 Å². The van der Waals surface area contributed by atoms with Gasteiger partial charge in [0.2, 0.25) is 5.88 Å². The minimum absolute atomic E-state index is 0.321. The van der Waals surface area contributed by atoms with Crippen LogP contribution in [0.1, 0.15) is 10.4 Å². The molecular weight excluding hydrogens is 260 g/mol. The Kier molecular flexibility index (Phi) is 4.37. The van der Waals surface area contributed by atoms with Gasteiger partial charge in [-0.15, -0.1) is 0 Å². The molecule has 1 heterocycles. The number of carbonyl (C=O) groups is 1. The van der Waals surface area contributed by atoms with Gasteiger partial charge in [0.25, 0.3) is 5.91 Å². The Morgan fingerprint density at radius 1 is 1.30 bits per heavy atom. The maximum atomic E-state index is 11.5. The SMILES string of the molecule is COCCOc1cc2c(OC)nccc2cc1C(N)=O. The first-order valence-electron chi connectivity index (χ1n) is 6.05. The molecule has 0 aliphatic rings. The molecular formula is C14H16N2O4. The Morgan fingerprint density at radius 3 is 2.75 bits per heavy atom. The lowest BCUT2D eigenvalue weighted by molar-refractivity contribution is 0.0992. The average Bonchev–Trinajstić information content (AvgIpc) is 2.46. The van der Waals surface area contributed by atoms with Gasteiger partial charge in [-0.3, -0.25) is 4.79 Å². The lowest BCUT2D eigenvalue weighted by atomic mass is 10.1. The molecule has 6 nitrogen and oxygen atoms in total. The molecule has 0 spiro atoms. The molecule has 0 fully saturated rings. The first-order chi connectivity index (χ1) is 9.67. The number of hydrogen-bond acceptors (Lipinski definition) is 5. The third-order valence-corrected chi connectivity index (χ3v) is 2.83. The van der Waals surface area contributed by atoms with Crippen molar-refractivity contribution in [3.8, 4) is 11.6 Å². The zero-order chi connectivity index (χ0) is 14.5. The topological polar surface area (TPSA) is 83.7 Å². The predicted octanol–water partition coefficient (Wildman–Crippen LogP) is 1.37. The van der Waals surface area contributed by atoms with Gasteiger partial charge in [-0.1, -0.05) is 0 Å². The molecule has 0 aliphatic heterocycles. The summed E-state index contributed by atoms with van der Waals surface area (Å²) < 4.78 is 15.7. The van der Waals surface area contributed by atoms with Crippen molar-refractivity contribution in [1.82, 2.24) is 4.98 Å². The van der Waals surface area contributed by atoms with Crippen LogP contribution in [0.5, 0.6) is 11.6 Å². The van der Waals surface area contributed by atoms with Crippen molar-refractivity contribution in [2.45, 2.75) is 0 Å². The molecule has 1 amide bonds. The number of nitrogens with two attached hydrogens (primary N) is 1. The summed E-state index contributed by atoms with van der Waals surface area (Å²) in [5.41, 5.74) is 5.70. The molecule has 1 aromatic carbocycles. The van der Waals surface area contributed by atoms with Gasteiger partial charge in [-0.05, 0) is 23.6 Å². The van der Waals surface area contributed by atoms with Crippen LogP contribution in [0.4, 0.5) is 0 Å². The highest BCUT2D eigenvalue weighted by atomic mass is 16.5. The van der Waals surface area contributed by atoms with E-state index in [0.717, 1.165) is 10.8 Å². The number of nitrogens with zero attached hydrogens (tertiary/aromatic N) is 1. The summed E-state index contributed by atoms with van der Waals surface area (Å²) in [7, 11) is 3.11. The first kappa shape index (κ1) is 14.1. The third kappa shape index (κ3) is 2.80. The van der Waals surface area contributed by atoms with Crippen LogP contribution in [0.15, 0.2) is 24.4 Å². The zero-order valence-corrected chi connectivity index (χ0v) is 11.4. The average molecular weight is 276 g/mol. The zero-order valence-electron chi connectivity index (χ0n) is 11.4. The van der Waals surface area contributed by atoms with E-state index in [1.807, 2.05) is 0 Å². The number of pyridine rings is 1. The number of primary amides is 1. The Balaban J connectivity index is 2.51. The molecule has 0 aliphatic carbocycles.